The molecule has 192 valence electrons. The first-order valence-electron chi connectivity index (χ1n) is 12.6. The van der Waals surface area contributed by atoms with Gasteiger partial charge in [-0.3, -0.25) is 14.5 Å². The molecule has 1 saturated heterocycles. The molecule has 0 bridgehead atoms. The molecule has 3 aromatic carbocycles. The second-order valence-corrected chi connectivity index (χ2v) is 9.84. The number of aliphatic hydroxyl groups excluding tert-OH is 1. The first-order chi connectivity index (χ1) is 18.0. The number of para-hydroxylation sites is 1. The van der Waals surface area contributed by atoms with Gasteiger partial charge in [0.05, 0.1) is 23.7 Å². The van der Waals surface area contributed by atoms with Crippen LogP contribution in [0.2, 0.25) is 5.02 Å². The number of nitrogens with zero attached hydrogens (tertiary/aromatic N) is 3. The molecule has 7 nitrogen and oxygen atoms in total. The van der Waals surface area contributed by atoms with Crippen molar-refractivity contribution in [3.63, 3.8) is 0 Å². The fraction of sp³-hybridized carbons (Fsp3) is 0.310. The van der Waals surface area contributed by atoms with Gasteiger partial charge in [0.1, 0.15) is 12.8 Å². The standard InChI is InChI=1S/C29H30ClN3O4/c30-25-16-23(31-14-6-7-15-31)12-13-24(25)29(36)33-18-27(34)32(17-22-10-4-5-11-26(22)33)19-28(35)37-20-21-8-2-1-3-9-21/h1-5,8-13,16,27,34H,6-7,14-15,17-20H2. The van der Waals surface area contributed by atoms with E-state index >= 15 is 0 Å². The Bertz CT molecular complexity index is 1260. The highest BCUT2D eigenvalue weighted by Gasteiger charge is 2.32. The molecule has 2 aliphatic heterocycles. The van der Waals surface area contributed by atoms with E-state index < -0.39 is 12.2 Å². The molecule has 0 aromatic heterocycles. The first kappa shape index (κ1) is 25.3. The van der Waals surface area contributed by atoms with Crippen molar-refractivity contribution in [1.82, 2.24) is 4.90 Å². The maximum Gasteiger partial charge on any atom is 0.320 e. The van der Waals surface area contributed by atoms with Crippen LogP contribution < -0.4 is 9.80 Å². The molecular weight excluding hydrogens is 490 g/mol. The molecule has 0 radical (unpaired) electrons. The van der Waals surface area contributed by atoms with Crippen molar-refractivity contribution >= 4 is 34.9 Å². The van der Waals surface area contributed by atoms with E-state index in [1.807, 2.05) is 66.7 Å². The molecule has 5 rings (SSSR count). The van der Waals surface area contributed by atoms with Gasteiger partial charge < -0.3 is 19.6 Å². The number of carbonyl (C=O) groups is 2. The minimum absolute atomic E-state index is 0.00792. The van der Waals surface area contributed by atoms with Crippen LogP contribution in [-0.2, 0) is 22.7 Å². The third-order valence-corrected chi connectivity index (χ3v) is 7.21. The van der Waals surface area contributed by atoms with Crippen molar-refractivity contribution in [3.8, 4) is 0 Å². The molecule has 1 fully saturated rings. The van der Waals surface area contributed by atoms with Gasteiger partial charge in [-0.1, -0.05) is 60.1 Å². The van der Waals surface area contributed by atoms with E-state index in [1.165, 1.54) is 0 Å². The highest BCUT2D eigenvalue weighted by Crippen LogP contribution is 2.32. The smallest absolute Gasteiger partial charge is 0.320 e. The van der Waals surface area contributed by atoms with Crippen LogP contribution in [0.1, 0.15) is 34.3 Å². The predicted octanol–water partition coefficient (Wildman–Crippen LogP) is 4.46. The largest absolute Gasteiger partial charge is 0.460 e. The number of fused-ring (bicyclic) bond motifs is 1. The number of anilines is 2. The number of aliphatic hydroxyl groups is 1. The molecule has 1 N–H and O–H groups in total. The zero-order valence-corrected chi connectivity index (χ0v) is 21.3. The Labute approximate surface area is 221 Å². The van der Waals surface area contributed by atoms with Gasteiger partial charge in [-0.15, -0.1) is 0 Å². The predicted molar refractivity (Wildman–Crippen MR) is 144 cm³/mol. The van der Waals surface area contributed by atoms with Crippen LogP contribution in [0.3, 0.4) is 0 Å². The summed E-state index contributed by atoms with van der Waals surface area (Å²) in [5, 5.41) is 11.4. The molecule has 0 saturated carbocycles. The second kappa shape index (κ2) is 11.3. The van der Waals surface area contributed by atoms with Crippen LogP contribution in [0, 0.1) is 0 Å². The summed E-state index contributed by atoms with van der Waals surface area (Å²) >= 11 is 6.60. The summed E-state index contributed by atoms with van der Waals surface area (Å²) < 4.78 is 5.43. The van der Waals surface area contributed by atoms with Crippen LogP contribution in [0.15, 0.2) is 72.8 Å². The zero-order chi connectivity index (χ0) is 25.8. The van der Waals surface area contributed by atoms with E-state index in [0.717, 1.165) is 42.7 Å². The van der Waals surface area contributed by atoms with Gasteiger partial charge >= 0.3 is 5.97 Å². The molecule has 1 unspecified atom stereocenters. The number of rotatable bonds is 6. The Hall–Kier alpha value is -3.39. The number of carbonyl (C=O) groups excluding carboxylic acids is 2. The van der Waals surface area contributed by atoms with Gasteiger partial charge in [0.2, 0.25) is 0 Å². The van der Waals surface area contributed by atoms with Crippen molar-refractivity contribution in [2.75, 3.05) is 36.0 Å². The summed E-state index contributed by atoms with van der Waals surface area (Å²) in [6, 6.07) is 22.5. The Morgan fingerprint density at radius 1 is 0.973 bits per heavy atom. The van der Waals surface area contributed by atoms with Crippen LogP contribution in [0.25, 0.3) is 0 Å². The van der Waals surface area contributed by atoms with E-state index in [1.54, 1.807) is 15.9 Å². The number of benzene rings is 3. The lowest BCUT2D eigenvalue weighted by atomic mass is 10.1. The summed E-state index contributed by atoms with van der Waals surface area (Å²) in [6.07, 6.45) is 1.23. The van der Waals surface area contributed by atoms with Gasteiger partial charge in [0, 0.05) is 31.0 Å². The lowest BCUT2D eigenvalue weighted by molar-refractivity contribution is -0.149. The third kappa shape index (κ3) is 5.80. The van der Waals surface area contributed by atoms with Gasteiger partial charge in [-0.25, -0.2) is 0 Å². The molecule has 1 atom stereocenters. The second-order valence-electron chi connectivity index (χ2n) is 9.43. The molecular formula is C29H30ClN3O4. The van der Waals surface area contributed by atoms with E-state index in [-0.39, 0.29) is 25.6 Å². The Morgan fingerprint density at radius 2 is 1.70 bits per heavy atom. The van der Waals surface area contributed by atoms with Gasteiger partial charge in [-0.05, 0) is 48.2 Å². The van der Waals surface area contributed by atoms with E-state index in [2.05, 4.69) is 4.90 Å². The third-order valence-electron chi connectivity index (χ3n) is 6.90. The lowest BCUT2D eigenvalue weighted by Gasteiger charge is -2.27. The molecule has 3 aromatic rings. The Morgan fingerprint density at radius 3 is 2.46 bits per heavy atom. The van der Waals surface area contributed by atoms with E-state index in [0.29, 0.717) is 22.8 Å². The number of hydrogen-bond acceptors (Lipinski definition) is 6. The molecule has 1 amide bonds. The maximum atomic E-state index is 13.7. The summed E-state index contributed by atoms with van der Waals surface area (Å²) in [5.41, 5.74) is 3.79. The number of ether oxygens (including phenoxy) is 1. The molecule has 8 heteroatoms. The molecule has 0 aliphatic carbocycles. The van der Waals surface area contributed by atoms with Crippen molar-refractivity contribution in [1.29, 1.82) is 0 Å². The summed E-state index contributed by atoms with van der Waals surface area (Å²) in [4.78, 5) is 31.7. The van der Waals surface area contributed by atoms with Crippen molar-refractivity contribution in [2.24, 2.45) is 0 Å². The van der Waals surface area contributed by atoms with Gasteiger partial charge in [-0.2, -0.15) is 0 Å². The average molecular weight is 520 g/mol. The number of halogens is 1. The maximum absolute atomic E-state index is 13.7. The lowest BCUT2D eigenvalue weighted by Crippen LogP contribution is -2.45. The zero-order valence-electron chi connectivity index (χ0n) is 20.6. The number of hydrogen-bond donors (Lipinski definition) is 1. The number of amides is 1. The monoisotopic (exact) mass is 519 g/mol. The minimum atomic E-state index is -1.07. The highest BCUT2D eigenvalue weighted by atomic mass is 35.5. The van der Waals surface area contributed by atoms with Gasteiger partial charge in [0.15, 0.2) is 0 Å². The summed E-state index contributed by atoms with van der Waals surface area (Å²) in [6.45, 7) is 2.32. The quantitative estimate of drug-likeness (QED) is 0.485. The Kier molecular flexibility index (Phi) is 7.74. The molecule has 0 spiro atoms. The van der Waals surface area contributed by atoms with Crippen LogP contribution >= 0.6 is 11.6 Å². The van der Waals surface area contributed by atoms with Crippen LogP contribution in [0.5, 0.6) is 0 Å². The fourth-order valence-corrected chi connectivity index (χ4v) is 5.16. The molecule has 2 aliphatic rings. The van der Waals surface area contributed by atoms with Crippen LogP contribution in [0.4, 0.5) is 11.4 Å². The normalized spacial score (nSPS) is 17.8. The highest BCUT2D eigenvalue weighted by molar-refractivity contribution is 6.34. The molecule has 37 heavy (non-hydrogen) atoms. The van der Waals surface area contributed by atoms with Gasteiger partial charge in [0.25, 0.3) is 5.91 Å². The summed E-state index contributed by atoms with van der Waals surface area (Å²) in [5.74, 6) is -0.737. The van der Waals surface area contributed by atoms with Crippen LogP contribution in [-0.4, -0.2) is 54.3 Å². The minimum Gasteiger partial charge on any atom is -0.460 e. The fourth-order valence-electron chi connectivity index (χ4n) is 4.91. The van der Waals surface area contributed by atoms with Crippen molar-refractivity contribution < 1.29 is 19.4 Å². The van der Waals surface area contributed by atoms with Crippen molar-refractivity contribution in [3.05, 3.63) is 94.5 Å². The number of esters is 1. The Balaban J connectivity index is 1.33. The first-order valence-corrected chi connectivity index (χ1v) is 12.9. The van der Waals surface area contributed by atoms with E-state index in [4.69, 9.17) is 16.3 Å². The SMILES string of the molecule is O=C(CN1Cc2ccccc2N(C(=O)c2ccc(N3CCCC3)cc2Cl)CC1O)OCc1ccccc1. The topological polar surface area (TPSA) is 73.3 Å². The van der Waals surface area contributed by atoms with Crippen molar-refractivity contribution in [2.45, 2.75) is 32.2 Å². The average Bonchev–Trinajstić information content (AvgIpc) is 3.41. The van der Waals surface area contributed by atoms with E-state index in [9.17, 15) is 14.7 Å². The molecule has 2 heterocycles. The number of β-amino-alcohol motifs (C(OH)–C–C–N with tert-alkyl or cyclic N) is 1. The summed E-state index contributed by atoms with van der Waals surface area (Å²) in [7, 11) is 0.